The summed E-state index contributed by atoms with van der Waals surface area (Å²) in [5.41, 5.74) is 1.68. The number of carbonyl (C=O) groups excluding carboxylic acids is 1. The summed E-state index contributed by atoms with van der Waals surface area (Å²) in [7, 11) is 0. The Balaban J connectivity index is 1.88. The quantitative estimate of drug-likeness (QED) is 0.810. The summed E-state index contributed by atoms with van der Waals surface area (Å²) in [6.45, 7) is 1.97. The molecule has 0 aliphatic rings. The molecule has 5 nitrogen and oxygen atoms in total. The van der Waals surface area contributed by atoms with Crippen LogP contribution in [0.4, 0.5) is 15.0 Å². The van der Waals surface area contributed by atoms with Crippen LogP contribution in [0.3, 0.4) is 0 Å². The number of nitrogens with one attached hydrogen (secondary N) is 2. The van der Waals surface area contributed by atoms with Gasteiger partial charge >= 0.3 is 6.03 Å². The number of urea groups is 1. The van der Waals surface area contributed by atoms with Crippen molar-refractivity contribution in [2.75, 3.05) is 5.32 Å². The fourth-order valence-electron chi connectivity index (χ4n) is 1.73. The first-order valence-electron chi connectivity index (χ1n) is 6.48. The predicted octanol–water partition coefficient (Wildman–Crippen LogP) is 2.60. The van der Waals surface area contributed by atoms with E-state index in [4.69, 9.17) is 0 Å². The maximum atomic E-state index is 13.3. The Morgan fingerprint density at radius 3 is 2.67 bits per heavy atom. The van der Waals surface area contributed by atoms with E-state index in [0.717, 1.165) is 11.1 Å². The lowest BCUT2D eigenvalue weighted by molar-refractivity contribution is 0.199. The van der Waals surface area contributed by atoms with Gasteiger partial charge in [0, 0.05) is 12.7 Å². The number of halogens is 1. The molecule has 2 aromatic rings. The fourth-order valence-corrected chi connectivity index (χ4v) is 1.73. The number of aliphatic hydroxyl groups excluding tert-OH is 1. The number of aromatic nitrogens is 1. The van der Waals surface area contributed by atoms with Gasteiger partial charge in [0.1, 0.15) is 0 Å². The maximum absolute atomic E-state index is 13.3. The summed E-state index contributed by atoms with van der Waals surface area (Å²) in [6, 6.07) is 9.33. The van der Waals surface area contributed by atoms with Gasteiger partial charge in [-0.25, -0.2) is 14.2 Å². The third-order valence-electron chi connectivity index (χ3n) is 2.91. The number of hydrogen-bond acceptors (Lipinski definition) is 3. The van der Waals surface area contributed by atoms with Crippen LogP contribution in [0.15, 0.2) is 42.6 Å². The second-order valence-electron chi connectivity index (χ2n) is 4.56. The normalized spacial score (nSPS) is 11.8. The number of amides is 2. The highest BCUT2D eigenvalue weighted by Crippen LogP contribution is 2.12. The van der Waals surface area contributed by atoms with Crippen molar-refractivity contribution in [3.05, 3.63) is 59.5 Å². The minimum absolute atomic E-state index is 0.112. The molecule has 110 valence electrons. The van der Waals surface area contributed by atoms with E-state index in [-0.39, 0.29) is 5.82 Å². The van der Waals surface area contributed by atoms with Crippen LogP contribution < -0.4 is 10.6 Å². The van der Waals surface area contributed by atoms with E-state index >= 15 is 0 Å². The van der Waals surface area contributed by atoms with Crippen LogP contribution in [0.5, 0.6) is 0 Å². The van der Waals surface area contributed by atoms with Crippen molar-refractivity contribution in [1.29, 1.82) is 0 Å². The first kappa shape index (κ1) is 14.9. The van der Waals surface area contributed by atoms with E-state index in [2.05, 4.69) is 15.6 Å². The second-order valence-corrected chi connectivity index (χ2v) is 4.56. The Labute approximate surface area is 121 Å². The SMILES string of the molecule is C[C@H](O)c1ccc(CNC(=O)Nc2ncccc2F)cc1. The molecule has 1 atom stereocenters. The Kier molecular flexibility index (Phi) is 4.84. The summed E-state index contributed by atoms with van der Waals surface area (Å²) in [6.07, 6.45) is 0.871. The molecule has 6 heteroatoms. The van der Waals surface area contributed by atoms with Gasteiger partial charge in [-0.1, -0.05) is 24.3 Å². The summed E-state index contributed by atoms with van der Waals surface area (Å²) >= 11 is 0. The molecule has 0 aliphatic heterocycles. The van der Waals surface area contributed by atoms with Crippen molar-refractivity contribution in [2.24, 2.45) is 0 Å². The lowest BCUT2D eigenvalue weighted by atomic mass is 10.1. The molecular formula is C15H16FN3O2. The first-order chi connectivity index (χ1) is 10.1. The smallest absolute Gasteiger partial charge is 0.320 e. The topological polar surface area (TPSA) is 74.2 Å². The van der Waals surface area contributed by atoms with E-state index in [1.54, 1.807) is 19.1 Å². The summed E-state index contributed by atoms with van der Waals surface area (Å²) in [4.78, 5) is 15.4. The molecule has 0 saturated carbocycles. The number of carbonyl (C=O) groups is 1. The lowest BCUT2D eigenvalue weighted by Gasteiger charge is -2.09. The molecule has 0 aliphatic carbocycles. The molecule has 3 N–H and O–H groups in total. The van der Waals surface area contributed by atoms with Gasteiger partial charge in [0.2, 0.25) is 0 Å². The number of benzene rings is 1. The highest BCUT2D eigenvalue weighted by atomic mass is 19.1. The monoisotopic (exact) mass is 289 g/mol. The van der Waals surface area contributed by atoms with Gasteiger partial charge < -0.3 is 10.4 Å². The Morgan fingerprint density at radius 2 is 2.05 bits per heavy atom. The van der Waals surface area contributed by atoms with E-state index < -0.39 is 18.0 Å². The highest BCUT2D eigenvalue weighted by Gasteiger charge is 2.07. The zero-order valence-corrected chi connectivity index (χ0v) is 11.5. The van der Waals surface area contributed by atoms with Crippen molar-refractivity contribution in [1.82, 2.24) is 10.3 Å². The van der Waals surface area contributed by atoms with Crippen LogP contribution in [-0.4, -0.2) is 16.1 Å². The van der Waals surface area contributed by atoms with Gasteiger partial charge in [-0.05, 0) is 30.2 Å². The van der Waals surface area contributed by atoms with Crippen molar-refractivity contribution in [2.45, 2.75) is 19.6 Å². The number of pyridine rings is 1. The Morgan fingerprint density at radius 1 is 1.33 bits per heavy atom. The van der Waals surface area contributed by atoms with Crippen LogP contribution in [0.1, 0.15) is 24.2 Å². The third-order valence-corrected chi connectivity index (χ3v) is 2.91. The molecular weight excluding hydrogens is 273 g/mol. The predicted molar refractivity (Wildman–Crippen MR) is 77.1 cm³/mol. The van der Waals surface area contributed by atoms with E-state index in [0.29, 0.717) is 6.54 Å². The summed E-state index contributed by atoms with van der Waals surface area (Å²) < 4.78 is 13.3. The fraction of sp³-hybridized carbons (Fsp3) is 0.200. The molecule has 0 fully saturated rings. The average Bonchev–Trinajstić information content (AvgIpc) is 2.48. The van der Waals surface area contributed by atoms with E-state index in [1.165, 1.54) is 18.3 Å². The first-order valence-corrected chi connectivity index (χ1v) is 6.48. The number of hydrogen-bond donors (Lipinski definition) is 3. The molecule has 0 spiro atoms. The van der Waals surface area contributed by atoms with Gasteiger partial charge in [0.15, 0.2) is 11.6 Å². The van der Waals surface area contributed by atoms with Gasteiger partial charge in [-0.2, -0.15) is 0 Å². The van der Waals surface area contributed by atoms with Crippen LogP contribution >= 0.6 is 0 Å². The van der Waals surface area contributed by atoms with E-state index in [9.17, 15) is 14.3 Å². The van der Waals surface area contributed by atoms with Gasteiger partial charge in [-0.15, -0.1) is 0 Å². The minimum Gasteiger partial charge on any atom is -0.389 e. The summed E-state index contributed by atoms with van der Waals surface area (Å²) in [5, 5.41) is 14.3. The number of anilines is 1. The standard InChI is InChI=1S/C15H16FN3O2/c1-10(20)12-6-4-11(5-7-12)9-18-15(21)19-14-13(16)3-2-8-17-14/h2-8,10,20H,9H2,1H3,(H2,17,18,19,21)/t10-/m0/s1. The molecule has 0 saturated heterocycles. The van der Waals surface area contributed by atoms with E-state index in [1.807, 2.05) is 12.1 Å². The zero-order chi connectivity index (χ0) is 15.2. The molecule has 2 amide bonds. The minimum atomic E-state index is -0.589. The van der Waals surface area contributed by atoms with Gasteiger partial charge in [-0.3, -0.25) is 5.32 Å². The molecule has 21 heavy (non-hydrogen) atoms. The molecule has 2 rings (SSSR count). The molecule has 1 aromatic carbocycles. The van der Waals surface area contributed by atoms with Gasteiger partial charge in [0.25, 0.3) is 0 Å². The molecule has 0 radical (unpaired) electrons. The highest BCUT2D eigenvalue weighted by molar-refractivity contribution is 5.88. The van der Waals surface area contributed by atoms with Crippen LogP contribution in [0.2, 0.25) is 0 Å². The van der Waals surface area contributed by atoms with Crippen LogP contribution in [0, 0.1) is 5.82 Å². The average molecular weight is 289 g/mol. The number of aliphatic hydroxyl groups is 1. The van der Waals surface area contributed by atoms with Crippen molar-refractivity contribution in [3.8, 4) is 0 Å². The largest absolute Gasteiger partial charge is 0.389 e. The van der Waals surface area contributed by atoms with Crippen molar-refractivity contribution >= 4 is 11.8 Å². The Hall–Kier alpha value is -2.47. The molecule has 0 bridgehead atoms. The maximum Gasteiger partial charge on any atom is 0.320 e. The number of rotatable bonds is 4. The molecule has 1 heterocycles. The van der Waals surface area contributed by atoms with Gasteiger partial charge in [0.05, 0.1) is 6.10 Å². The summed E-state index contributed by atoms with van der Waals surface area (Å²) in [5.74, 6) is -0.701. The zero-order valence-electron chi connectivity index (χ0n) is 11.5. The van der Waals surface area contributed by atoms with Crippen LogP contribution in [-0.2, 0) is 6.54 Å². The lowest BCUT2D eigenvalue weighted by Crippen LogP contribution is -2.29. The van der Waals surface area contributed by atoms with Crippen LogP contribution in [0.25, 0.3) is 0 Å². The second kappa shape index (κ2) is 6.81. The Bertz CT molecular complexity index is 615. The van der Waals surface area contributed by atoms with Crippen molar-refractivity contribution < 1.29 is 14.3 Å². The van der Waals surface area contributed by atoms with Crippen molar-refractivity contribution in [3.63, 3.8) is 0 Å². The molecule has 1 aromatic heterocycles. The number of nitrogens with zero attached hydrogens (tertiary/aromatic N) is 1. The molecule has 0 unspecified atom stereocenters. The third kappa shape index (κ3) is 4.25.